The fourth-order valence-corrected chi connectivity index (χ4v) is 2.61. The second-order valence-electron chi connectivity index (χ2n) is 4.83. The van der Waals surface area contributed by atoms with Gasteiger partial charge in [-0.05, 0) is 17.7 Å². The third-order valence-corrected chi connectivity index (χ3v) is 3.97. The Kier molecular flexibility index (Phi) is 5.17. The molecule has 1 amide bonds. The van der Waals surface area contributed by atoms with E-state index in [1.165, 1.54) is 18.2 Å². The van der Waals surface area contributed by atoms with E-state index in [0.29, 0.717) is 0 Å². The Morgan fingerprint density at radius 1 is 1.30 bits per heavy atom. The van der Waals surface area contributed by atoms with Crippen LogP contribution in [0.25, 0.3) is 0 Å². The highest BCUT2D eigenvalue weighted by Crippen LogP contribution is 2.34. The molecule has 1 unspecified atom stereocenters. The van der Waals surface area contributed by atoms with Crippen molar-refractivity contribution in [3.63, 3.8) is 0 Å². The van der Waals surface area contributed by atoms with Gasteiger partial charge in [0.25, 0.3) is 12.9 Å². The minimum Gasteiger partial charge on any atom is -0.364 e. The van der Waals surface area contributed by atoms with Crippen LogP contribution in [0, 0.1) is 0 Å². The first-order chi connectivity index (χ1) is 10.7. The van der Waals surface area contributed by atoms with Crippen LogP contribution >= 0.6 is 23.2 Å². The zero-order valence-electron chi connectivity index (χ0n) is 11.3. The van der Waals surface area contributed by atoms with Crippen molar-refractivity contribution in [2.24, 2.45) is 5.10 Å². The number of carbonyl (C=O) groups is 1. The fraction of sp³-hybridized carbons (Fsp3) is 0.385. The maximum absolute atomic E-state index is 13.1. The number of hydrazone groups is 1. The Labute approximate surface area is 138 Å². The summed E-state index contributed by atoms with van der Waals surface area (Å²) in [6.45, 7) is 0. The fourth-order valence-electron chi connectivity index (χ4n) is 2.08. The molecule has 0 saturated heterocycles. The number of rotatable bonds is 4. The van der Waals surface area contributed by atoms with Crippen molar-refractivity contribution >= 4 is 34.8 Å². The lowest BCUT2D eigenvalue weighted by Crippen LogP contribution is -2.52. The lowest BCUT2D eigenvalue weighted by Gasteiger charge is -2.30. The molecule has 23 heavy (non-hydrogen) atoms. The average Bonchev–Trinajstić information content (AvgIpc) is 2.83. The maximum Gasteiger partial charge on any atom is 0.287 e. The first kappa shape index (κ1) is 18.0. The van der Waals surface area contributed by atoms with Crippen molar-refractivity contribution in [1.29, 1.82) is 0 Å². The van der Waals surface area contributed by atoms with Crippen LogP contribution in [0.1, 0.15) is 12.0 Å². The van der Waals surface area contributed by atoms with E-state index in [1.54, 1.807) is 0 Å². The van der Waals surface area contributed by atoms with Crippen molar-refractivity contribution in [2.45, 2.75) is 31.4 Å². The molecule has 126 valence electrons. The number of hydrogen-bond acceptors (Lipinski definition) is 3. The van der Waals surface area contributed by atoms with E-state index < -0.39 is 43.0 Å². The highest BCUT2D eigenvalue weighted by Gasteiger charge is 2.53. The molecule has 0 bridgehead atoms. The largest absolute Gasteiger partial charge is 0.364 e. The summed E-state index contributed by atoms with van der Waals surface area (Å²) in [4.78, 5) is 12.2. The predicted octanol–water partition coefficient (Wildman–Crippen LogP) is 3.34. The van der Waals surface area contributed by atoms with E-state index in [9.17, 15) is 27.5 Å². The first-order valence-electron chi connectivity index (χ1n) is 6.28. The molecule has 0 saturated carbocycles. The topological polar surface area (TPSA) is 52.9 Å². The van der Waals surface area contributed by atoms with Gasteiger partial charge in [-0.25, -0.2) is 17.6 Å². The second-order valence-corrected chi connectivity index (χ2v) is 5.64. The highest BCUT2D eigenvalue weighted by molar-refractivity contribution is 6.36. The van der Waals surface area contributed by atoms with E-state index >= 15 is 0 Å². The van der Waals surface area contributed by atoms with Crippen LogP contribution in [-0.2, 0) is 11.2 Å². The van der Waals surface area contributed by atoms with Gasteiger partial charge in [-0.2, -0.15) is 10.1 Å². The zero-order valence-corrected chi connectivity index (χ0v) is 12.8. The third-order valence-electron chi connectivity index (χ3n) is 3.26. The van der Waals surface area contributed by atoms with Crippen molar-refractivity contribution in [2.75, 3.05) is 0 Å². The lowest BCUT2D eigenvalue weighted by molar-refractivity contribution is -0.191. The Morgan fingerprint density at radius 2 is 1.87 bits per heavy atom. The van der Waals surface area contributed by atoms with Crippen LogP contribution in [0.3, 0.4) is 0 Å². The molecule has 1 atom stereocenters. The van der Waals surface area contributed by atoms with Crippen LogP contribution < -0.4 is 0 Å². The van der Waals surface area contributed by atoms with Gasteiger partial charge in [-0.1, -0.05) is 29.3 Å². The SMILES string of the molecule is O=C(Cc1c(Cl)cccc1Cl)N1N=C(C(F)F)CC1(O)C(F)F. The zero-order chi connectivity index (χ0) is 17.4. The van der Waals surface area contributed by atoms with Crippen LogP contribution in [0.2, 0.25) is 10.0 Å². The smallest absolute Gasteiger partial charge is 0.287 e. The normalized spacial score (nSPS) is 21.3. The van der Waals surface area contributed by atoms with Gasteiger partial charge >= 0.3 is 0 Å². The molecule has 0 radical (unpaired) electrons. The van der Waals surface area contributed by atoms with Gasteiger partial charge in [0, 0.05) is 16.5 Å². The molecule has 1 aliphatic rings. The Balaban J connectivity index is 2.32. The summed E-state index contributed by atoms with van der Waals surface area (Å²) in [5, 5.41) is 13.2. The molecule has 0 fully saturated rings. The van der Waals surface area contributed by atoms with Crippen molar-refractivity contribution in [3.8, 4) is 0 Å². The number of nitrogens with zero attached hydrogens (tertiary/aromatic N) is 2. The predicted molar refractivity (Wildman–Crippen MR) is 76.0 cm³/mol. The molecular weight excluding hydrogens is 363 g/mol. The van der Waals surface area contributed by atoms with Crippen LogP contribution in [0.15, 0.2) is 23.3 Å². The molecule has 1 heterocycles. The molecule has 1 N–H and O–H groups in total. The second kappa shape index (κ2) is 6.62. The summed E-state index contributed by atoms with van der Waals surface area (Å²) < 4.78 is 51.5. The van der Waals surface area contributed by atoms with E-state index in [-0.39, 0.29) is 20.6 Å². The quantitative estimate of drug-likeness (QED) is 0.824. The molecule has 0 aromatic heterocycles. The summed E-state index contributed by atoms with van der Waals surface area (Å²) in [7, 11) is 0. The third kappa shape index (κ3) is 3.44. The summed E-state index contributed by atoms with van der Waals surface area (Å²) in [5.74, 6) is -1.13. The first-order valence-corrected chi connectivity index (χ1v) is 7.04. The summed E-state index contributed by atoms with van der Waals surface area (Å²) in [6.07, 6.45) is -8.35. The molecule has 1 aromatic carbocycles. The van der Waals surface area contributed by atoms with Gasteiger partial charge in [0.1, 0.15) is 5.71 Å². The summed E-state index contributed by atoms with van der Waals surface area (Å²) in [5.41, 5.74) is -3.99. The van der Waals surface area contributed by atoms with Gasteiger partial charge in [-0.3, -0.25) is 4.79 Å². The number of hydrogen-bond donors (Lipinski definition) is 1. The molecule has 0 spiro atoms. The number of amides is 1. The molecule has 1 aliphatic heterocycles. The van der Waals surface area contributed by atoms with Gasteiger partial charge in [0.15, 0.2) is 0 Å². The molecular formula is C13H10Cl2F4N2O2. The monoisotopic (exact) mass is 372 g/mol. The minimum absolute atomic E-state index is 0.0151. The maximum atomic E-state index is 13.1. The van der Waals surface area contributed by atoms with Crippen LogP contribution in [0.4, 0.5) is 17.6 Å². The number of aliphatic hydroxyl groups is 1. The molecule has 4 nitrogen and oxygen atoms in total. The average molecular weight is 373 g/mol. The molecule has 0 aliphatic carbocycles. The standard InChI is InChI=1S/C13H10Cl2F4N2O2/c14-7-2-1-3-8(15)6(7)4-10(22)21-13(23,12(18)19)5-9(20-21)11(16)17/h1-3,11-12,23H,4-5H2. The van der Waals surface area contributed by atoms with Crippen molar-refractivity contribution in [1.82, 2.24) is 5.01 Å². The Morgan fingerprint density at radius 3 is 2.35 bits per heavy atom. The van der Waals surface area contributed by atoms with Gasteiger partial charge < -0.3 is 5.11 Å². The Hall–Kier alpha value is -1.38. The number of alkyl halides is 4. The van der Waals surface area contributed by atoms with E-state index in [0.717, 1.165) is 0 Å². The van der Waals surface area contributed by atoms with Gasteiger partial charge in [0.05, 0.1) is 6.42 Å². The molecule has 1 aromatic rings. The Bertz CT molecular complexity index is 637. The van der Waals surface area contributed by atoms with Crippen LogP contribution in [0.5, 0.6) is 0 Å². The molecule has 10 heteroatoms. The summed E-state index contributed by atoms with van der Waals surface area (Å²) >= 11 is 11.7. The van der Waals surface area contributed by atoms with E-state index in [4.69, 9.17) is 23.2 Å². The lowest BCUT2D eigenvalue weighted by atomic mass is 10.1. The van der Waals surface area contributed by atoms with E-state index in [2.05, 4.69) is 5.10 Å². The van der Waals surface area contributed by atoms with E-state index in [1.807, 2.05) is 0 Å². The summed E-state index contributed by atoms with van der Waals surface area (Å²) in [6, 6.07) is 4.36. The van der Waals surface area contributed by atoms with Gasteiger partial charge in [-0.15, -0.1) is 0 Å². The highest BCUT2D eigenvalue weighted by atomic mass is 35.5. The van der Waals surface area contributed by atoms with Crippen molar-refractivity contribution in [3.05, 3.63) is 33.8 Å². The molecule has 2 rings (SSSR count). The van der Waals surface area contributed by atoms with Crippen molar-refractivity contribution < 1.29 is 27.5 Å². The number of carbonyl (C=O) groups excluding carboxylic acids is 1. The van der Waals surface area contributed by atoms with Gasteiger partial charge in [0.2, 0.25) is 11.6 Å². The van der Waals surface area contributed by atoms with Crippen LogP contribution in [-0.4, -0.2) is 40.3 Å². The minimum atomic E-state index is -3.48. The number of benzene rings is 1. The number of halogens is 6.